The molecular formula is C10H18N2O4. The van der Waals surface area contributed by atoms with Crippen molar-refractivity contribution in [3.63, 3.8) is 0 Å². The smallest absolute Gasteiger partial charge is 0.318 e. The van der Waals surface area contributed by atoms with Gasteiger partial charge in [-0.05, 0) is 13.8 Å². The minimum absolute atomic E-state index is 0.0331. The van der Waals surface area contributed by atoms with Gasteiger partial charge in [0, 0.05) is 12.6 Å². The zero-order valence-corrected chi connectivity index (χ0v) is 9.60. The van der Waals surface area contributed by atoms with Gasteiger partial charge in [-0.2, -0.15) is 0 Å². The van der Waals surface area contributed by atoms with E-state index in [9.17, 15) is 9.59 Å². The van der Waals surface area contributed by atoms with Crippen molar-refractivity contribution in [2.75, 3.05) is 19.8 Å². The van der Waals surface area contributed by atoms with Crippen molar-refractivity contribution < 1.29 is 19.4 Å². The number of urea groups is 1. The van der Waals surface area contributed by atoms with Gasteiger partial charge in [0.1, 0.15) is 0 Å². The third kappa shape index (κ3) is 3.69. The molecule has 1 fully saturated rings. The number of carbonyl (C=O) groups excluding carboxylic acids is 1. The van der Waals surface area contributed by atoms with Crippen LogP contribution in [0.2, 0.25) is 0 Å². The number of nitrogens with one attached hydrogen (secondary N) is 1. The zero-order valence-electron chi connectivity index (χ0n) is 9.60. The molecule has 2 N–H and O–H groups in total. The average Bonchev–Trinajstić information content (AvgIpc) is 2.16. The normalized spacial score (nSPS) is 22.6. The number of carbonyl (C=O) groups is 2. The van der Waals surface area contributed by atoms with Crippen molar-refractivity contribution in [3.05, 3.63) is 0 Å². The Hall–Kier alpha value is -1.30. The Morgan fingerprint density at radius 2 is 2.31 bits per heavy atom. The molecule has 1 heterocycles. The second-order valence-electron chi connectivity index (χ2n) is 4.07. The zero-order chi connectivity index (χ0) is 12.1. The van der Waals surface area contributed by atoms with Gasteiger partial charge >= 0.3 is 12.0 Å². The van der Waals surface area contributed by atoms with E-state index in [1.807, 2.05) is 6.92 Å². The Morgan fingerprint density at radius 1 is 1.62 bits per heavy atom. The van der Waals surface area contributed by atoms with Gasteiger partial charge in [-0.1, -0.05) is 0 Å². The molecular weight excluding hydrogens is 212 g/mol. The molecule has 16 heavy (non-hydrogen) atoms. The highest BCUT2D eigenvalue weighted by Crippen LogP contribution is 2.06. The number of carboxylic acid groups (broad SMARTS) is 1. The molecule has 2 atom stereocenters. The number of rotatable bonds is 3. The second-order valence-corrected chi connectivity index (χ2v) is 4.07. The van der Waals surface area contributed by atoms with Crippen LogP contribution in [-0.2, 0) is 9.53 Å². The Bertz CT molecular complexity index is 270. The first-order valence-electron chi connectivity index (χ1n) is 5.37. The van der Waals surface area contributed by atoms with E-state index in [-0.39, 0.29) is 24.5 Å². The summed E-state index contributed by atoms with van der Waals surface area (Å²) in [6, 6.07) is -0.546. The molecule has 2 amide bonds. The van der Waals surface area contributed by atoms with Gasteiger partial charge in [0.2, 0.25) is 0 Å². The molecule has 0 radical (unpaired) electrons. The lowest BCUT2D eigenvalue weighted by atomic mass is 10.2. The quantitative estimate of drug-likeness (QED) is 0.730. The summed E-state index contributed by atoms with van der Waals surface area (Å²) in [5, 5.41) is 11.2. The SMILES string of the molecule is CC(CC(=O)O)NC(=O)N1CCOCC1C. The van der Waals surface area contributed by atoms with Crippen LogP contribution < -0.4 is 5.32 Å². The standard InChI is InChI=1S/C10H18N2O4/c1-7(5-9(13)14)11-10(15)12-3-4-16-6-8(12)2/h7-8H,3-6H2,1-2H3,(H,11,15)(H,13,14). The summed E-state index contributed by atoms with van der Waals surface area (Å²) in [5.74, 6) is -0.914. The summed E-state index contributed by atoms with van der Waals surface area (Å²) in [7, 11) is 0. The van der Waals surface area contributed by atoms with E-state index in [4.69, 9.17) is 9.84 Å². The summed E-state index contributed by atoms with van der Waals surface area (Å²) in [6.45, 7) is 5.19. The highest BCUT2D eigenvalue weighted by molar-refractivity contribution is 5.76. The van der Waals surface area contributed by atoms with Crippen LogP contribution in [0.5, 0.6) is 0 Å². The number of amides is 2. The fourth-order valence-electron chi connectivity index (χ4n) is 1.64. The van der Waals surface area contributed by atoms with Crippen LogP contribution in [0.4, 0.5) is 4.79 Å². The van der Waals surface area contributed by atoms with Crippen LogP contribution in [0.1, 0.15) is 20.3 Å². The van der Waals surface area contributed by atoms with E-state index in [1.54, 1.807) is 11.8 Å². The highest BCUT2D eigenvalue weighted by atomic mass is 16.5. The largest absolute Gasteiger partial charge is 0.481 e. The number of aliphatic carboxylic acids is 1. The van der Waals surface area contributed by atoms with E-state index in [1.165, 1.54) is 0 Å². The first-order chi connectivity index (χ1) is 7.50. The minimum atomic E-state index is -0.914. The van der Waals surface area contributed by atoms with Crippen LogP contribution in [0.3, 0.4) is 0 Å². The van der Waals surface area contributed by atoms with Crippen LogP contribution in [0, 0.1) is 0 Å². The molecule has 1 aliphatic rings. The number of morpholine rings is 1. The molecule has 92 valence electrons. The fraction of sp³-hybridized carbons (Fsp3) is 0.800. The van der Waals surface area contributed by atoms with E-state index >= 15 is 0 Å². The third-order valence-electron chi connectivity index (χ3n) is 2.48. The summed E-state index contributed by atoms with van der Waals surface area (Å²) >= 11 is 0. The van der Waals surface area contributed by atoms with Gasteiger partial charge < -0.3 is 20.1 Å². The molecule has 0 spiro atoms. The van der Waals surface area contributed by atoms with Crippen molar-refractivity contribution in [2.45, 2.75) is 32.4 Å². The summed E-state index contributed by atoms with van der Waals surface area (Å²) in [6.07, 6.45) is -0.0650. The lowest BCUT2D eigenvalue weighted by molar-refractivity contribution is -0.137. The number of hydrogen-bond acceptors (Lipinski definition) is 3. The Balaban J connectivity index is 2.41. The second kappa shape index (κ2) is 5.69. The Labute approximate surface area is 94.6 Å². The molecule has 1 rings (SSSR count). The van der Waals surface area contributed by atoms with Gasteiger partial charge in [0.05, 0.1) is 25.7 Å². The van der Waals surface area contributed by atoms with Crippen LogP contribution >= 0.6 is 0 Å². The number of ether oxygens (including phenoxy) is 1. The number of hydrogen-bond donors (Lipinski definition) is 2. The van der Waals surface area contributed by atoms with Gasteiger partial charge in [-0.15, -0.1) is 0 Å². The highest BCUT2D eigenvalue weighted by Gasteiger charge is 2.24. The molecule has 0 saturated carbocycles. The first kappa shape index (κ1) is 12.8. The third-order valence-corrected chi connectivity index (χ3v) is 2.48. The Morgan fingerprint density at radius 3 is 2.88 bits per heavy atom. The van der Waals surface area contributed by atoms with E-state index in [0.717, 1.165) is 0 Å². The van der Waals surface area contributed by atoms with Crippen molar-refractivity contribution >= 4 is 12.0 Å². The van der Waals surface area contributed by atoms with Crippen LogP contribution in [0.25, 0.3) is 0 Å². The predicted octanol–water partition coefficient (Wildman–Crippen LogP) is 0.280. The summed E-state index contributed by atoms with van der Waals surface area (Å²) in [5.41, 5.74) is 0. The van der Waals surface area contributed by atoms with E-state index in [0.29, 0.717) is 19.8 Å². The van der Waals surface area contributed by atoms with Crippen LogP contribution in [-0.4, -0.2) is 53.8 Å². The molecule has 6 heteroatoms. The van der Waals surface area contributed by atoms with E-state index < -0.39 is 5.97 Å². The molecule has 0 aliphatic carbocycles. The van der Waals surface area contributed by atoms with Crippen LogP contribution in [0.15, 0.2) is 0 Å². The molecule has 1 saturated heterocycles. The maximum absolute atomic E-state index is 11.8. The fourth-order valence-corrected chi connectivity index (χ4v) is 1.64. The maximum Gasteiger partial charge on any atom is 0.318 e. The van der Waals surface area contributed by atoms with Gasteiger partial charge in [0.15, 0.2) is 0 Å². The monoisotopic (exact) mass is 230 g/mol. The van der Waals surface area contributed by atoms with Crippen molar-refractivity contribution in [1.29, 1.82) is 0 Å². The maximum atomic E-state index is 11.8. The van der Waals surface area contributed by atoms with E-state index in [2.05, 4.69) is 5.32 Å². The molecule has 0 aromatic carbocycles. The lowest BCUT2D eigenvalue weighted by Gasteiger charge is -2.34. The molecule has 0 aromatic rings. The minimum Gasteiger partial charge on any atom is -0.481 e. The topological polar surface area (TPSA) is 78.9 Å². The van der Waals surface area contributed by atoms with Crippen molar-refractivity contribution in [3.8, 4) is 0 Å². The summed E-state index contributed by atoms with van der Waals surface area (Å²) < 4.78 is 5.22. The molecule has 0 aromatic heterocycles. The molecule has 1 aliphatic heterocycles. The average molecular weight is 230 g/mol. The van der Waals surface area contributed by atoms with Crippen molar-refractivity contribution in [2.24, 2.45) is 0 Å². The Kier molecular flexibility index (Phi) is 4.54. The number of nitrogens with zero attached hydrogens (tertiary/aromatic N) is 1. The van der Waals surface area contributed by atoms with Gasteiger partial charge in [-0.3, -0.25) is 4.79 Å². The molecule has 6 nitrogen and oxygen atoms in total. The predicted molar refractivity (Wildman–Crippen MR) is 57.2 cm³/mol. The van der Waals surface area contributed by atoms with Gasteiger partial charge in [0.25, 0.3) is 0 Å². The van der Waals surface area contributed by atoms with Gasteiger partial charge in [-0.25, -0.2) is 4.79 Å². The van der Waals surface area contributed by atoms with Crippen molar-refractivity contribution in [1.82, 2.24) is 10.2 Å². The number of carboxylic acids is 1. The molecule has 0 bridgehead atoms. The first-order valence-corrected chi connectivity index (χ1v) is 5.37. The molecule has 2 unspecified atom stereocenters. The lowest BCUT2D eigenvalue weighted by Crippen LogP contribution is -2.53. The summed E-state index contributed by atoms with van der Waals surface area (Å²) in [4.78, 5) is 23.9.